The molecule has 0 aliphatic heterocycles. The van der Waals surface area contributed by atoms with Crippen LogP contribution >= 0.6 is 0 Å². The van der Waals surface area contributed by atoms with Gasteiger partial charge in [-0.15, -0.1) is 0 Å². The number of fused-ring (bicyclic) bond motifs is 7. The summed E-state index contributed by atoms with van der Waals surface area (Å²) in [5.74, 6) is 1.84. The first-order valence-electron chi connectivity index (χ1n) is 14.4. The van der Waals surface area contributed by atoms with Gasteiger partial charge in [-0.2, -0.15) is 21.6 Å². The molecule has 0 amide bonds. The molecule has 4 fully saturated rings. The molecule has 4 nitrogen and oxygen atoms in total. The van der Waals surface area contributed by atoms with Gasteiger partial charge in [0.15, 0.2) is 0 Å². The molecule has 0 aromatic heterocycles. The zero-order valence-electron chi connectivity index (χ0n) is 23.9. The Morgan fingerprint density at radius 1 is 0.974 bits per heavy atom. The molecule has 5 aliphatic rings. The van der Waals surface area contributed by atoms with Crippen LogP contribution in [-0.4, -0.2) is 19.5 Å². The third-order valence-electron chi connectivity index (χ3n) is 13.1. The van der Waals surface area contributed by atoms with E-state index in [4.69, 9.17) is 9.92 Å². The van der Waals surface area contributed by atoms with Gasteiger partial charge in [-0.05, 0) is 117 Å². The zero-order chi connectivity index (χ0) is 28.3. The second-order valence-corrected chi connectivity index (χ2v) is 16.4. The van der Waals surface area contributed by atoms with Crippen LogP contribution in [0, 0.1) is 51.2 Å². The Morgan fingerprint density at radius 2 is 1.63 bits per heavy atom. The van der Waals surface area contributed by atoms with E-state index < -0.39 is 21.0 Å². The summed E-state index contributed by atoms with van der Waals surface area (Å²) in [7, 11) is -5.70. The lowest BCUT2D eigenvalue weighted by Gasteiger charge is -2.72. The smallest absolute Gasteiger partial charge is 0.380 e. The van der Waals surface area contributed by atoms with Crippen LogP contribution in [0.4, 0.5) is 13.2 Å². The monoisotopic (exact) mass is 557 g/mol. The highest BCUT2D eigenvalue weighted by molar-refractivity contribution is 7.87. The van der Waals surface area contributed by atoms with Crippen molar-refractivity contribution in [2.75, 3.05) is 0 Å². The highest BCUT2D eigenvalue weighted by Crippen LogP contribution is 2.76. The van der Waals surface area contributed by atoms with Crippen LogP contribution < -0.4 is 5.73 Å². The van der Waals surface area contributed by atoms with E-state index in [1.807, 2.05) is 13.8 Å². The second-order valence-electron chi connectivity index (χ2n) is 14.9. The van der Waals surface area contributed by atoms with Gasteiger partial charge in [-0.25, -0.2) is 0 Å². The van der Waals surface area contributed by atoms with Crippen molar-refractivity contribution in [1.82, 2.24) is 0 Å². The minimum atomic E-state index is -5.70. The SMILES string of the molecule is C=C(C)[C@@H]1CC[C@]2(N)CC[C@]3(C)C(CC[C@@H]4C5(C)CC=C(OS(=O)(=O)C(F)(F)F)C(C)(C)[C@@H]5CCC43C)[C@@H]12. The molecule has 38 heavy (non-hydrogen) atoms. The molecule has 0 heterocycles. The normalized spacial score (nSPS) is 48.2. The van der Waals surface area contributed by atoms with Gasteiger partial charge in [0, 0.05) is 11.0 Å². The summed E-state index contributed by atoms with van der Waals surface area (Å²) in [4.78, 5) is 0. The van der Waals surface area contributed by atoms with Crippen molar-refractivity contribution in [3.63, 3.8) is 0 Å². The molecule has 8 heteroatoms. The molecule has 5 aliphatic carbocycles. The number of nitrogens with two attached hydrogens (primary N) is 1. The average molecular weight is 558 g/mol. The summed E-state index contributed by atoms with van der Waals surface area (Å²) >= 11 is 0. The van der Waals surface area contributed by atoms with Crippen molar-refractivity contribution in [2.24, 2.45) is 57.0 Å². The average Bonchev–Trinajstić information content (AvgIpc) is 3.13. The van der Waals surface area contributed by atoms with Crippen LogP contribution in [0.25, 0.3) is 0 Å². The topological polar surface area (TPSA) is 69.4 Å². The Hall–Kier alpha value is -1.02. The first-order valence-corrected chi connectivity index (χ1v) is 15.8. The number of halogens is 3. The van der Waals surface area contributed by atoms with Gasteiger partial charge in [-0.3, -0.25) is 0 Å². The molecule has 0 aromatic carbocycles. The first-order chi connectivity index (χ1) is 17.2. The lowest BCUT2D eigenvalue weighted by Crippen LogP contribution is -2.67. The van der Waals surface area contributed by atoms with Crippen molar-refractivity contribution in [2.45, 2.75) is 110 Å². The predicted molar refractivity (Wildman–Crippen MR) is 143 cm³/mol. The van der Waals surface area contributed by atoms with E-state index in [1.54, 1.807) is 6.08 Å². The first kappa shape index (κ1) is 28.5. The summed E-state index contributed by atoms with van der Waals surface area (Å²) in [6.07, 6.45) is 10.5. The molecule has 216 valence electrons. The number of rotatable bonds is 3. The minimum Gasteiger partial charge on any atom is -0.380 e. The Balaban J connectivity index is 1.51. The fraction of sp³-hybridized carbons (Fsp3) is 0.867. The predicted octanol–water partition coefficient (Wildman–Crippen LogP) is 7.72. The van der Waals surface area contributed by atoms with Gasteiger partial charge in [0.25, 0.3) is 0 Å². The third-order valence-corrected chi connectivity index (χ3v) is 14.1. The van der Waals surface area contributed by atoms with Crippen molar-refractivity contribution >= 4 is 10.1 Å². The molecule has 9 atom stereocenters. The molecule has 3 unspecified atom stereocenters. The number of hydrogen-bond donors (Lipinski definition) is 1. The van der Waals surface area contributed by atoms with Gasteiger partial charge in [0.05, 0.1) is 0 Å². The fourth-order valence-corrected chi connectivity index (χ4v) is 11.7. The lowest BCUT2D eigenvalue weighted by molar-refractivity contribution is -0.221. The number of alkyl halides is 3. The highest BCUT2D eigenvalue weighted by Gasteiger charge is 2.70. The maximum absolute atomic E-state index is 13.2. The highest BCUT2D eigenvalue weighted by atomic mass is 32.2. The summed E-state index contributed by atoms with van der Waals surface area (Å²) in [6.45, 7) is 17.5. The Bertz CT molecular complexity index is 1160. The molecule has 0 bridgehead atoms. The Labute approximate surface area is 227 Å². The van der Waals surface area contributed by atoms with E-state index in [1.165, 1.54) is 5.57 Å². The van der Waals surface area contributed by atoms with E-state index in [9.17, 15) is 21.6 Å². The molecule has 5 rings (SSSR count). The van der Waals surface area contributed by atoms with E-state index in [-0.39, 0.29) is 33.5 Å². The Morgan fingerprint density at radius 3 is 2.24 bits per heavy atom. The van der Waals surface area contributed by atoms with Crippen LogP contribution in [0.5, 0.6) is 0 Å². The molecule has 2 N–H and O–H groups in total. The summed E-state index contributed by atoms with van der Waals surface area (Å²) in [5, 5.41) is 0. The van der Waals surface area contributed by atoms with Crippen molar-refractivity contribution in [1.29, 1.82) is 0 Å². The largest absolute Gasteiger partial charge is 0.534 e. The Kier molecular flexibility index (Phi) is 6.20. The van der Waals surface area contributed by atoms with Crippen LogP contribution in [-0.2, 0) is 14.3 Å². The maximum Gasteiger partial charge on any atom is 0.534 e. The molecule has 0 aromatic rings. The standard InChI is InChI=1S/C30H46F3NO3S/c1-18(2)19-10-15-29(34)17-16-27(6)20(24(19)29)8-9-22-26(5)13-12-23(37-38(35,36)30(31,32)33)25(3,4)21(26)11-14-28(22,27)7/h12,19-22,24H,1,8-11,13-17,34H2,2-7H3/t19-,20?,21-,22+,24+,26?,27+,28?,29-/m0/s1. The van der Waals surface area contributed by atoms with E-state index in [0.717, 1.165) is 51.4 Å². The van der Waals surface area contributed by atoms with E-state index in [0.29, 0.717) is 30.1 Å². The van der Waals surface area contributed by atoms with Crippen molar-refractivity contribution < 1.29 is 25.8 Å². The summed E-state index contributed by atoms with van der Waals surface area (Å²) < 4.78 is 68.1. The fourth-order valence-electron chi connectivity index (χ4n) is 11.1. The van der Waals surface area contributed by atoms with Crippen molar-refractivity contribution in [3.05, 3.63) is 24.0 Å². The van der Waals surface area contributed by atoms with Crippen LogP contribution in [0.2, 0.25) is 0 Å². The third kappa shape index (κ3) is 3.60. The lowest BCUT2D eigenvalue weighted by atomic mass is 9.33. The minimum absolute atomic E-state index is 0.0310. The zero-order valence-corrected chi connectivity index (χ0v) is 24.7. The van der Waals surface area contributed by atoms with Crippen LogP contribution in [0.1, 0.15) is 99.3 Å². The van der Waals surface area contributed by atoms with Crippen LogP contribution in [0.15, 0.2) is 24.0 Å². The molecular formula is C30H46F3NO3S. The number of allylic oxidation sites excluding steroid dienone is 3. The van der Waals surface area contributed by atoms with Gasteiger partial charge < -0.3 is 9.92 Å². The number of hydrogen-bond acceptors (Lipinski definition) is 4. The van der Waals surface area contributed by atoms with E-state index >= 15 is 0 Å². The quantitative estimate of drug-likeness (QED) is 0.219. The van der Waals surface area contributed by atoms with Crippen LogP contribution in [0.3, 0.4) is 0 Å². The molecular weight excluding hydrogens is 511 g/mol. The molecule has 0 spiro atoms. The maximum atomic E-state index is 13.2. The van der Waals surface area contributed by atoms with E-state index in [2.05, 4.69) is 34.3 Å². The molecule has 0 saturated heterocycles. The summed E-state index contributed by atoms with van der Waals surface area (Å²) in [5.41, 5.74) is 2.08. The summed E-state index contributed by atoms with van der Waals surface area (Å²) in [6, 6.07) is 0. The van der Waals surface area contributed by atoms with Gasteiger partial charge in [-0.1, -0.05) is 46.8 Å². The van der Waals surface area contributed by atoms with Gasteiger partial charge >= 0.3 is 15.6 Å². The van der Waals surface area contributed by atoms with Gasteiger partial charge in [0.1, 0.15) is 5.76 Å². The van der Waals surface area contributed by atoms with Crippen molar-refractivity contribution in [3.8, 4) is 0 Å². The second kappa shape index (κ2) is 8.27. The molecule has 0 radical (unpaired) electrons. The molecule has 4 saturated carbocycles. The van der Waals surface area contributed by atoms with Gasteiger partial charge in [0.2, 0.25) is 0 Å².